The summed E-state index contributed by atoms with van der Waals surface area (Å²) in [6.45, 7) is 2.79. The summed E-state index contributed by atoms with van der Waals surface area (Å²) in [4.78, 5) is 9.36. The van der Waals surface area contributed by atoms with E-state index in [9.17, 15) is 0 Å². The van der Waals surface area contributed by atoms with Crippen molar-refractivity contribution in [2.45, 2.75) is 13.5 Å². The second-order valence-corrected chi connectivity index (χ2v) is 4.12. The third-order valence-electron chi connectivity index (χ3n) is 2.08. The van der Waals surface area contributed by atoms with Crippen molar-refractivity contribution < 1.29 is 0 Å². The minimum Gasteiger partial charge on any atom is -0.384 e. The third kappa shape index (κ3) is 2.44. The molecule has 2 aromatic rings. The van der Waals surface area contributed by atoms with Crippen LogP contribution in [0, 0.1) is 6.92 Å². The lowest BCUT2D eigenvalue weighted by Gasteiger charge is -2.05. The lowest BCUT2D eigenvalue weighted by Crippen LogP contribution is -2.00. The molecular formula is C10H12N4S. The molecule has 0 fully saturated rings. The molecule has 15 heavy (non-hydrogen) atoms. The molecule has 0 aliphatic carbocycles. The number of rotatable bonds is 3. The Morgan fingerprint density at radius 2 is 2.33 bits per heavy atom. The number of aromatic nitrogens is 2. The van der Waals surface area contributed by atoms with E-state index in [1.165, 1.54) is 4.88 Å². The molecule has 3 N–H and O–H groups in total. The van der Waals surface area contributed by atoms with Gasteiger partial charge in [0.1, 0.15) is 5.82 Å². The van der Waals surface area contributed by atoms with E-state index in [1.807, 2.05) is 24.6 Å². The van der Waals surface area contributed by atoms with Gasteiger partial charge >= 0.3 is 0 Å². The molecule has 78 valence electrons. The van der Waals surface area contributed by atoms with Gasteiger partial charge in [-0.1, -0.05) is 0 Å². The van der Waals surface area contributed by atoms with Crippen molar-refractivity contribution in [2.75, 3.05) is 11.1 Å². The Labute approximate surface area is 92.2 Å². The zero-order chi connectivity index (χ0) is 10.7. The maximum absolute atomic E-state index is 5.58. The van der Waals surface area contributed by atoms with Crippen LogP contribution in [0.2, 0.25) is 0 Å². The number of nitrogens with one attached hydrogen (secondary N) is 1. The molecule has 2 aromatic heterocycles. The number of nitrogen functional groups attached to an aromatic ring is 1. The van der Waals surface area contributed by atoms with E-state index < -0.39 is 0 Å². The Kier molecular flexibility index (Phi) is 2.82. The summed E-state index contributed by atoms with van der Waals surface area (Å²) < 4.78 is 0. The van der Waals surface area contributed by atoms with E-state index >= 15 is 0 Å². The first kappa shape index (κ1) is 9.92. The van der Waals surface area contributed by atoms with Crippen LogP contribution in [-0.2, 0) is 6.54 Å². The maximum atomic E-state index is 5.58. The van der Waals surface area contributed by atoms with Crippen LogP contribution in [0.15, 0.2) is 23.8 Å². The van der Waals surface area contributed by atoms with Gasteiger partial charge in [0.05, 0.1) is 17.7 Å². The number of aryl methyl sites for hydroxylation is 1. The molecule has 0 amide bonds. The van der Waals surface area contributed by atoms with Gasteiger partial charge < -0.3 is 11.1 Å². The van der Waals surface area contributed by atoms with Crippen molar-refractivity contribution in [3.8, 4) is 0 Å². The molecule has 0 atom stereocenters. The van der Waals surface area contributed by atoms with Crippen molar-refractivity contribution in [1.29, 1.82) is 0 Å². The quantitative estimate of drug-likeness (QED) is 0.830. The molecular weight excluding hydrogens is 208 g/mol. The maximum Gasteiger partial charge on any atom is 0.125 e. The molecule has 2 rings (SSSR count). The minimum atomic E-state index is 0.529. The van der Waals surface area contributed by atoms with Gasteiger partial charge in [-0.15, -0.1) is 11.3 Å². The molecule has 0 bridgehead atoms. The van der Waals surface area contributed by atoms with Crippen LogP contribution >= 0.6 is 11.3 Å². The van der Waals surface area contributed by atoms with E-state index in [2.05, 4.69) is 15.3 Å². The number of anilines is 2. The molecule has 0 saturated heterocycles. The SMILES string of the molecule is Cc1ncsc1CNc1ccnc(N)c1. The third-order valence-corrected chi connectivity index (χ3v) is 3.01. The van der Waals surface area contributed by atoms with Crippen molar-refractivity contribution >= 4 is 22.8 Å². The number of hydrogen-bond acceptors (Lipinski definition) is 5. The van der Waals surface area contributed by atoms with Crippen LogP contribution in [-0.4, -0.2) is 9.97 Å². The average Bonchev–Trinajstić information content (AvgIpc) is 2.61. The summed E-state index contributed by atoms with van der Waals surface area (Å²) in [5.74, 6) is 0.529. The molecule has 0 aliphatic heterocycles. The highest BCUT2D eigenvalue weighted by Crippen LogP contribution is 2.15. The van der Waals surface area contributed by atoms with Crippen molar-refractivity contribution in [2.24, 2.45) is 0 Å². The van der Waals surface area contributed by atoms with Gasteiger partial charge in [0, 0.05) is 22.8 Å². The van der Waals surface area contributed by atoms with E-state index in [-0.39, 0.29) is 0 Å². The van der Waals surface area contributed by atoms with Crippen molar-refractivity contribution in [3.63, 3.8) is 0 Å². The number of pyridine rings is 1. The Morgan fingerprint density at radius 1 is 1.47 bits per heavy atom. The molecule has 0 aromatic carbocycles. The number of nitrogens with two attached hydrogens (primary N) is 1. The summed E-state index contributed by atoms with van der Waals surface area (Å²) in [6.07, 6.45) is 1.69. The highest BCUT2D eigenvalue weighted by Gasteiger charge is 2.00. The molecule has 0 aliphatic rings. The van der Waals surface area contributed by atoms with E-state index in [0.717, 1.165) is 17.9 Å². The van der Waals surface area contributed by atoms with E-state index in [4.69, 9.17) is 5.73 Å². The highest BCUT2D eigenvalue weighted by molar-refractivity contribution is 7.09. The van der Waals surface area contributed by atoms with Gasteiger partial charge in [-0.2, -0.15) is 0 Å². The number of nitrogens with zero attached hydrogens (tertiary/aromatic N) is 2. The van der Waals surface area contributed by atoms with Gasteiger partial charge in [0.2, 0.25) is 0 Å². The Balaban J connectivity index is 2.02. The fraction of sp³-hybridized carbons (Fsp3) is 0.200. The number of thiazole rings is 1. The summed E-state index contributed by atoms with van der Waals surface area (Å²) in [5.41, 5.74) is 9.49. The first-order chi connectivity index (χ1) is 7.25. The van der Waals surface area contributed by atoms with Crippen molar-refractivity contribution in [3.05, 3.63) is 34.4 Å². The summed E-state index contributed by atoms with van der Waals surface area (Å²) in [7, 11) is 0. The molecule has 0 spiro atoms. The monoisotopic (exact) mass is 220 g/mol. The van der Waals surface area contributed by atoms with Crippen LogP contribution in [0.25, 0.3) is 0 Å². The summed E-state index contributed by atoms with van der Waals surface area (Å²) in [6, 6.07) is 3.71. The fourth-order valence-corrected chi connectivity index (χ4v) is 1.95. The van der Waals surface area contributed by atoms with Crippen molar-refractivity contribution in [1.82, 2.24) is 9.97 Å². The first-order valence-electron chi connectivity index (χ1n) is 4.60. The molecule has 5 heteroatoms. The van der Waals surface area contributed by atoms with Crippen LogP contribution < -0.4 is 11.1 Å². The molecule has 0 saturated carbocycles. The number of hydrogen-bond donors (Lipinski definition) is 2. The highest BCUT2D eigenvalue weighted by atomic mass is 32.1. The predicted molar refractivity (Wildman–Crippen MR) is 62.8 cm³/mol. The van der Waals surface area contributed by atoms with Crippen LogP contribution in [0.3, 0.4) is 0 Å². The Bertz CT molecular complexity index is 452. The van der Waals surface area contributed by atoms with Gasteiger partial charge in [-0.3, -0.25) is 0 Å². The van der Waals surface area contributed by atoms with E-state index in [0.29, 0.717) is 5.82 Å². The van der Waals surface area contributed by atoms with Crippen LogP contribution in [0.5, 0.6) is 0 Å². The Morgan fingerprint density at radius 3 is 3.00 bits per heavy atom. The average molecular weight is 220 g/mol. The summed E-state index contributed by atoms with van der Waals surface area (Å²) >= 11 is 1.65. The van der Waals surface area contributed by atoms with Gasteiger partial charge in [-0.05, 0) is 13.0 Å². The normalized spacial score (nSPS) is 10.2. The summed E-state index contributed by atoms with van der Waals surface area (Å²) in [5, 5.41) is 3.28. The molecule has 2 heterocycles. The predicted octanol–water partition coefficient (Wildman–Crippen LogP) is 2.04. The lowest BCUT2D eigenvalue weighted by atomic mass is 10.3. The molecule has 0 radical (unpaired) electrons. The zero-order valence-electron chi connectivity index (χ0n) is 8.40. The fourth-order valence-electron chi connectivity index (χ4n) is 1.24. The minimum absolute atomic E-state index is 0.529. The first-order valence-corrected chi connectivity index (χ1v) is 5.48. The topological polar surface area (TPSA) is 63.8 Å². The lowest BCUT2D eigenvalue weighted by molar-refractivity contribution is 1.12. The smallest absolute Gasteiger partial charge is 0.125 e. The van der Waals surface area contributed by atoms with Gasteiger partial charge in [0.15, 0.2) is 0 Å². The second kappa shape index (κ2) is 4.27. The second-order valence-electron chi connectivity index (χ2n) is 3.18. The zero-order valence-corrected chi connectivity index (χ0v) is 9.21. The molecule has 0 unspecified atom stereocenters. The standard InChI is InChI=1S/C10H12N4S/c1-7-9(15-6-14-7)5-13-8-2-3-12-10(11)4-8/h2-4,6H,5H2,1H3,(H3,11,12,13). The largest absolute Gasteiger partial charge is 0.384 e. The Hall–Kier alpha value is -1.62. The van der Waals surface area contributed by atoms with E-state index in [1.54, 1.807) is 17.5 Å². The molecule has 4 nitrogen and oxygen atoms in total. The van der Waals surface area contributed by atoms with Crippen LogP contribution in [0.1, 0.15) is 10.6 Å². The van der Waals surface area contributed by atoms with Gasteiger partial charge in [-0.25, -0.2) is 9.97 Å². The van der Waals surface area contributed by atoms with Crippen LogP contribution in [0.4, 0.5) is 11.5 Å². The van der Waals surface area contributed by atoms with Gasteiger partial charge in [0.25, 0.3) is 0 Å².